The highest BCUT2D eigenvalue weighted by atomic mass is 16.6. The van der Waals surface area contributed by atoms with E-state index in [1.54, 1.807) is 6.92 Å². The summed E-state index contributed by atoms with van der Waals surface area (Å²) in [6.07, 6.45) is 0.0642. The number of hydrogen-bond acceptors (Lipinski definition) is 7. The average molecular weight is 324 g/mol. The van der Waals surface area contributed by atoms with Crippen LogP contribution in [-0.2, 0) is 4.74 Å². The number of ether oxygens (including phenoxy) is 3. The van der Waals surface area contributed by atoms with E-state index in [2.05, 4.69) is 4.98 Å². The number of benzene rings is 1. The molecule has 0 aliphatic rings. The molecule has 0 aromatic heterocycles. The van der Waals surface area contributed by atoms with Crippen LogP contribution >= 0.6 is 0 Å². The van der Waals surface area contributed by atoms with Crippen LogP contribution < -0.4 is 9.47 Å². The van der Waals surface area contributed by atoms with E-state index in [1.165, 1.54) is 33.5 Å². The number of aliphatic hydroxyl groups is 1. The Labute approximate surface area is 132 Å². The van der Waals surface area contributed by atoms with Crippen molar-refractivity contribution in [2.75, 3.05) is 21.3 Å². The number of nitro groups is 1. The molecule has 0 aliphatic heterocycles. The molecule has 9 nitrogen and oxygen atoms in total. The SMILES string of the molecule is COc1cc([C@H](OC)[C@@H](C)/C(O)=C/[N+]#N)c(OC)c([N+](=O)[O-])c1. The van der Waals surface area contributed by atoms with Crippen molar-refractivity contribution in [3.05, 3.63) is 44.7 Å². The van der Waals surface area contributed by atoms with E-state index < -0.39 is 16.9 Å². The molecule has 1 aromatic rings. The molecule has 9 heteroatoms. The van der Waals surface area contributed by atoms with Crippen LogP contribution in [0.4, 0.5) is 5.69 Å². The molecule has 0 heterocycles. The Kier molecular flexibility index (Phi) is 6.29. The predicted molar refractivity (Wildman–Crippen MR) is 80.9 cm³/mol. The molecule has 0 radical (unpaired) electrons. The van der Waals surface area contributed by atoms with Crippen LogP contribution in [0, 0.1) is 21.4 Å². The van der Waals surface area contributed by atoms with Gasteiger partial charge in [0.25, 0.3) is 0 Å². The van der Waals surface area contributed by atoms with Crippen molar-refractivity contribution >= 4 is 5.69 Å². The maximum atomic E-state index is 11.2. The van der Waals surface area contributed by atoms with E-state index in [9.17, 15) is 15.2 Å². The van der Waals surface area contributed by atoms with E-state index in [0.717, 1.165) is 6.20 Å². The molecular formula is C14H18N3O6+. The van der Waals surface area contributed by atoms with Crippen LogP contribution in [0.25, 0.3) is 4.98 Å². The van der Waals surface area contributed by atoms with E-state index in [-0.39, 0.29) is 22.9 Å². The van der Waals surface area contributed by atoms with E-state index in [1.807, 2.05) is 0 Å². The molecule has 0 bridgehead atoms. The highest BCUT2D eigenvalue weighted by Gasteiger charge is 2.32. The number of nitrogens with zero attached hydrogens (tertiary/aromatic N) is 3. The van der Waals surface area contributed by atoms with Crippen LogP contribution in [0.1, 0.15) is 18.6 Å². The smallest absolute Gasteiger partial charge is 0.387 e. The lowest BCUT2D eigenvalue weighted by Crippen LogP contribution is -2.16. The molecule has 1 aromatic carbocycles. The second-order valence-corrected chi connectivity index (χ2v) is 4.64. The fraction of sp³-hybridized carbons (Fsp3) is 0.429. The number of hydrogen-bond donors (Lipinski definition) is 1. The van der Waals surface area contributed by atoms with Gasteiger partial charge in [-0.25, -0.2) is 0 Å². The maximum absolute atomic E-state index is 11.2. The normalized spacial score (nSPS) is 13.8. The molecule has 1 N–H and O–H groups in total. The Hall–Kier alpha value is -2.86. The average Bonchev–Trinajstić information content (AvgIpc) is 2.54. The van der Waals surface area contributed by atoms with Gasteiger partial charge < -0.3 is 19.3 Å². The summed E-state index contributed by atoms with van der Waals surface area (Å²) in [6.45, 7) is 1.61. The van der Waals surface area contributed by atoms with Crippen molar-refractivity contribution in [3.8, 4) is 11.5 Å². The quantitative estimate of drug-likeness (QED) is 0.354. The van der Waals surface area contributed by atoms with Crippen molar-refractivity contribution in [1.29, 1.82) is 5.39 Å². The van der Waals surface area contributed by atoms with Gasteiger partial charge in [-0.15, -0.1) is 0 Å². The van der Waals surface area contributed by atoms with Crippen molar-refractivity contribution in [3.63, 3.8) is 0 Å². The zero-order chi connectivity index (χ0) is 17.6. The zero-order valence-corrected chi connectivity index (χ0v) is 13.2. The van der Waals surface area contributed by atoms with Gasteiger partial charge in [0.2, 0.25) is 11.1 Å². The lowest BCUT2D eigenvalue weighted by atomic mass is 9.94. The highest BCUT2D eigenvalue weighted by Crippen LogP contribution is 2.42. The molecule has 0 saturated heterocycles. The van der Waals surface area contributed by atoms with Crippen molar-refractivity contribution < 1.29 is 24.2 Å². The summed E-state index contributed by atoms with van der Waals surface area (Å²) in [6, 6.07) is 2.76. The Morgan fingerprint density at radius 2 is 2.04 bits per heavy atom. The fourth-order valence-corrected chi connectivity index (χ4v) is 2.23. The molecule has 23 heavy (non-hydrogen) atoms. The highest BCUT2D eigenvalue weighted by molar-refractivity contribution is 5.57. The summed E-state index contributed by atoms with van der Waals surface area (Å²) in [5, 5.41) is 29.6. The summed E-state index contributed by atoms with van der Waals surface area (Å²) in [4.78, 5) is 13.4. The van der Waals surface area contributed by atoms with Crippen molar-refractivity contribution in [2.45, 2.75) is 13.0 Å². The number of diazo groups is 1. The van der Waals surface area contributed by atoms with Gasteiger partial charge in [0, 0.05) is 12.7 Å². The molecule has 2 atom stereocenters. The molecular weight excluding hydrogens is 306 g/mol. The van der Waals surface area contributed by atoms with Gasteiger partial charge in [-0.3, -0.25) is 10.1 Å². The first-order valence-electron chi connectivity index (χ1n) is 6.57. The first kappa shape index (κ1) is 18.2. The monoisotopic (exact) mass is 324 g/mol. The Morgan fingerprint density at radius 3 is 2.48 bits per heavy atom. The maximum Gasteiger partial charge on any atom is 0.387 e. The summed E-state index contributed by atoms with van der Waals surface area (Å²) in [7, 11) is 4.06. The van der Waals surface area contributed by atoms with E-state index in [0.29, 0.717) is 5.56 Å². The van der Waals surface area contributed by atoms with Crippen molar-refractivity contribution in [1.82, 2.24) is 0 Å². The minimum Gasteiger partial charge on any atom is -0.505 e. The molecule has 0 unspecified atom stereocenters. The second-order valence-electron chi connectivity index (χ2n) is 4.64. The molecule has 0 spiro atoms. The number of aliphatic hydroxyl groups excluding tert-OH is 1. The molecule has 0 saturated carbocycles. The Balaban J connectivity index is 3.54. The van der Waals surface area contributed by atoms with Crippen LogP contribution in [0.2, 0.25) is 0 Å². The first-order chi connectivity index (χ1) is 10.9. The summed E-state index contributed by atoms with van der Waals surface area (Å²) in [5.74, 6) is -0.663. The molecule has 1 rings (SSSR count). The number of methoxy groups -OCH3 is 3. The van der Waals surface area contributed by atoms with Crippen LogP contribution in [0.3, 0.4) is 0 Å². The second kappa shape index (κ2) is 7.95. The topological polar surface area (TPSA) is 119 Å². The van der Waals surface area contributed by atoms with Gasteiger partial charge in [0.1, 0.15) is 5.75 Å². The van der Waals surface area contributed by atoms with Gasteiger partial charge in [0.15, 0.2) is 10.7 Å². The van der Waals surface area contributed by atoms with Crippen LogP contribution in [-0.4, -0.2) is 31.4 Å². The van der Waals surface area contributed by atoms with Crippen LogP contribution in [0.15, 0.2) is 24.1 Å². The summed E-state index contributed by atoms with van der Waals surface area (Å²) < 4.78 is 15.6. The van der Waals surface area contributed by atoms with Gasteiger partial charge in [-0.1, -0.05) is 6.92 Å². The number of nitro benzene ring substituents is 1. The van der Waals surface area contributed by atoms with E-state index >= 15 is 0 Å². The predicted octanol–water partition coefficient (Wildman–Crippen LogP) is 3.19. The minimum atomic E-state index is -0.795. The summed E-state index contributed by atoms with van der Waals surface area (Å²) in [5.41, 5.74) is 0.0397. The van der Waals surface area contributed by atoms with E-state index in [4.69, 9.17) is 19.6 Å². The lowest BCUT2D eigenvalue weighted by Gasteiger charge is -2.23. The van der Waals surface area contributed by atoms with Crippen LogP contribution in [0.5, 0.6) is 11.5 Å². The first-order valence-corrected chi connectivity index (χ1v) is 6.57. The largest absolute Gasteiger partial charge is 0.505 e. The third-order valence-electron chi connectivity index (χ3n) is 3.38. The minimum absolute atomic E-state index is 0.00300. The zero-order valence-electron chi connectivity index (χ0n) is 13.2. The van der Waals surface area contributed by atoms with Gasteiger partial charge in [-0.05, 0) is 6.07 Å². The molecule has 0 fully saturated rings. The molecule has 0 aliphatic carbocycles. The number of rotatable bonds is 7. The third-order valence-corrected chi connectivity index (χ3v) is 3.38. The van der Waals surface area contributed by atoms with Gasteiger partial charge in [-0.2, -0.15) is 0 Å². The van der Waals surface area contributed by atoms with Gasteiger partial charge >= 0.3 is 11.9 Å². The lowest BCUT2D eigenvalue weighted by molar-refractivity contribution is -0.385. The fourth-order valence-electron chi connectivity index (χ4n) is 2.23. The Morgan fingerprint density at radius 1 is 1.39 bits per heavy atom. The summed E-state index contributed by atoms with van der Waals surface area (Å²) >= 11 is 0. The molecule has 0 amide bonds. The Bertz CT molecular complexity index is 653. The van der Waals surface area contributed by atoms with Gasteiger partial charge in [0.05, 0.1) is 37.2 Å². The molecule has 124 valence electrons. The van der Waals surface area contributed by atoms with Crippen molar-refractivity contribution in [2.24, 2.45) is 5.92 Å². The standard InChI is InChI=1S/C14H17N3O6/c1-8(12(18)7-16-15)13(22-3)10-5-9(21-2)6-11(17(19)20)14(10)23-4/h5-8,13H,1-4H3/p+1/b12-7-/t8-,13+/m0/s1. The third kappa shape index (κ3) is 3.87.